The number of halogens is 1. The molecule has 0 saturated heterocycles. The molecule has 1 atom stereocenters. The van der Waals surface area contributed by atoms with Gasteiger partial charge in [0.2, 0.25) is 5.95 Å². The van der Waals surface area contributed by atoms with E-state index in [0.29, 0.717) is 29.6 Å². The fourth-order valence-corrected chi connectivity index (χ4v) is 4.89. The van der Waals surface area contributed by atoms with Crippen LogP contribution in [0, 0.1) is 5.92 Å². The summed E-state index contributed by atoms with van der Waals surface area (Å²) in [5.41, 5.74) is 1.55. The Kier molecular flexibility index (Phi) is 7.26. The summed E-state index contributed by atoms with van der Waals surface area (Å²) < 4.78 is 9.93. The van der Waals surface area contributed by atoms with Crippen molar-refractivity contribution in [2.75, 3.05) is 23.9 Å². The lowest BCUT2D eigenvalue weighted by Gasteiger charge is -2.27. The van der Waals surface area contributed by atoms with Crippen LogP contribution in [0.4, 0.5) is 17.5 Å². The van der Waals surface area contributed by atoms with Crippen molar-refractivity contribution in [1.29, 1.82) is 0 Å². The average molecular weight is 504 g/mol. The Labute approximate surface area is 208 Å². The molecule has 3 aromatic heterocycles. The first-order valence-corrected chi connectivity index (χ1v) is 16.3. The van der Waals surface area contributed by atoms with E-state index in [2.05, 4.69) is 73.4 Å². The molecular weight excluding hydrogens is 466 g/mol. The van der Waals surface area contributed by atoms with E-state index in [1.54, 1.807) is 0 Å². The lowest BCUT2D eigenvalue weighted by molar-refractivity contribution is 0.0899. The molecule has 0 spiro atoms. The number of ether oxygens (including phenoxy) is 1. The fourth-order valence-electron chi connectivity index (χ4n) is 3.95. The lowest BCUT2D eigenvalue weighted by Crippen LogP contribution is -2.31. The van der Waals surface area contributed by atoms with Crippen LogP contribution in [0.2, 0.25) is 30.8 Å². The highest BCUT2D eigenvalue weighted by atomic mass is 35.5. The molecule has 0 radical (unpaired) electrons. The summed E-state index contributed by atoms with van der Waals surface area (Å²) in [6.45, 7) is 14.7. The fraction of sp³-hybridized carbons (Fsp3) is 0.625. The Balaban J connectivity index is 1.65. The quantitative estimate of drug-likeness (QED) is 0.250. The number of hydrogen-bond acceptors (Lipinski definition) is 6. The van der Waals surface area contributed by atoms with Crippen LogP contribution in [0.3, 0.4) is 0 Å². The van der Waals surface area contributed by atoms with Crippen LogP contribution < -0.4 is 10.2 Å². The predicted molar refractivity (Wildman–Crippen MR) is 143 cm³/mol. The summed E-state index contributed by atoms with van der Waals surface area (Å²) in [5.74, 6) is 2.14. The molecule has 0 aromatic carbocycles. The number of nitrogens with one attached hydrogen (secondary N) is 1. The molecule has 34 heavy (non-hydrogen) atoms. The third-order valence-electron chi connectivity index (χ3n) is 6.54. The molecule has 1 fully saturated rings. The van der Waals surface area contributed by atoms with Crippen molar-refractivity contribution in [2.24, 2.45) is 5.92 Å². The highest BCUT2D eigenvalue weighted by Crippen LogP contribution is 2.38. The van der Waals surface area contributed by atoms with Crippen LogP contribution in [-0.2, 0) is 11.5 Å². The lowest BCUT2D eigenvalue weighted by atomic mass is 10.2. The predicted octanol–water partition coefficient (Wildman–Crippen LogP) is 6.15. The van der Waals surface area contributed by atoms with E-state index in [9.17, 15) is 0 Å². The molecule has 0 aliphatic heterocycles. The van der Waals surface area contributed by atoms with Gasteiger partial charge in [-0.2, -0.15) is 15.1 Å². The summed E-state index contributed by atoms with van der Waals surface area (Å²) in [7, 11) is 0.990. The van der Waals surface area contributed by atoms with Crippen LogP contribution in [-0.4, -0.2) is 52.1 Å². The third kappa shape index (κ3) is 5.75. The van der Waals surface area contributed by atoms with Crippen LogP contribution >= 0.6 is 11.6 Å². The van der Waals surface area contributed by atoms with Crippen molar-refractivity contribution < 1.29 is 4.74 Å². The maximum absolute atomic E-state index is 6.41. The summed E-state index contributed by atoms with van der Waals surface area (Å²) in [4.78, 5) is 12.1. The van der Waals surface area contributed by atoms with Gasteiger partial charge < -0.3 is 19.5 Å². The number of anilines is 3. The van der Waals surface area contributed by atoms with Gasteiger partial charge in [0.05, 0.1) is 17.3 Å². The topological polar surface area (TPSA) is 73.0 Å². The van der Waals surface area contributed by atoms with Gasteiger partial charge in [0.1, 0.15) is 18.2 Å². The largest absolute Gasteiger partial charge is 0.361 e. The second-order valence-corrected chi connectivity index (χ2v) is 16.9. The zero-order valence-electron chi connectivity index (χ0n) is 21.5. The second kappa shape index (κ2) is 9.87. The minimum absolute atomic E-state index is 0.211. The van der Waals surface area contributed by atoms with Crippen molar-refractivity contribution in [3.63, 3.8) is 0 Å². The zero-order valence-corrected chi connectivity index (χ0v) is 23.2. The Morgan fingerprint density at radius 2 is 1.97 bits per heavy atom. The summed E-state index contributed by atoms with van der Waals surface area (Å²) in [5, 5.41) is 9.14. The van der Waals surface area contributed by atoms with Crippen molar-refractivity contribution in [3.8, 4) is 0 Å². The molecular formula is C24H38ClN7OSi. The maximum Gasteiger partial charge on any atom is 0.231 e. The molecule has 3 aromatic rings. The standard InChI is InChI=1S/C24H38ClN7OSi/c1-16(2)32-14-20(21(25)29-32)26-24-27-22(30(4)17(3)18-8-9-18)19-10-11-31(23(19)28-24)15-33-12-13-34(5,6)7/h10-11,14,16-18H,8-9,12-13,15H2,1-7H3,(H,26,27,28). The number of nitrogens with zero attached hydrogens (tertiary/aromatic N) is 6. The number of aromatic nitrogens is 5. The van der Waals surface area contributed by atoms with Crippen molar-refractivity contribution in [1.82, 2.24) is 24.3 Å². The van der Waals surface area contributed by atoms with E-state index in [1.807, 2.05) is 17.1 Å². The van der Waals surface area contributed by atoms with E-state index < -0.39 is 8.07 Å². The first kappa shape index (κ1) is 25.0. The Hall–Kier alpha value is -2.10. The van der Waals surface area contributed by atoms with Crippen molar-refractivity contribution in [3.05, 3.63) is 23.6 Å². The van der Waals surface area contributed by atoms with E-state index in [4.69, 9.17) is 26.3 Å². The Morgan fingerprint density at radius 3 is 2.59 bits per heavy atom. The number of fused-ring (bicyclic) bond motifs is 1. The molecule has 1 aliphatic carbocycles. The van der Waals surface area contributed by atoms with Gasteiger partial charge in [-0.25, -0.2) is 0 Å². The maximum atomic E-state index is 6.41. The first-order valence-electron chi connectivity index (χ1n) is 12.2. The van der Waals surface area contributed by atoms with Crippen LogP contribution in [0.5, 0.6) is 0 Å². The normalized spacial score (nSPS) is 15.3. The molecule has 0 bridgehead atoms. The zero-order chi connectivity index (χ0) is 24.6. The van der Waals surface area contributed by atoms with Crippen molar-refractivity contribution >= 4 is 48.2 Å². The smallest absolute Gasteiger partial charge is 0.231 e. The Morgan fingerprint density at radius 1 is 1.24 bits per heavy atom. The molecule has 1 aliphatic rings. The van der Waals surface area contributed by atoms with Gasteiger partial charge >= 0.3 is 0 Å². The molecule has 4 rings (SSSR count). The first-order chi connectivity index (χ1) is 16.0. The summed E-state index contributed by atoms with van der Waals surface area (Å²) in [6.07, 6.45) is 6.50. The van der Waals surface area contributed by atoms with Crippen LogP contribution in [0.1, 0.15) is 39.7 Å². The molecule has 0 amide bonds. The van der Waals surface area contributed by atoms with Crippen molar-refractivity contribution in [2.45, 2.75) is 78.1 Å². The average Bonchev–Trinajstić information content (AvgIpc) is 3.44. The molecule has 186 valence electrons. The SMILES string of the molecule is CC(C1CC1)N(C)c1nc(Nc2cn(C(C)C)nc2Cl)nc2c1ccn2COCC[Si](C)(C)C. The highest BCUT2D eigenvalue weighted by molar-refractivity contribution is 6.76. The molecule has 1 N–H and O–H groups in total. The van der Waals surface area contributed by atoms with Gasteiger partial charge in [0.25, 0.3) is 0 Å². The minimum atomic E-state index is -1.14. The second-order valence-electron chi connectivity index (χ2n) is 11.0. The van der Waals surface area contributed by atoms with Gasteiger partial charge in [-0.05, 0) is 51.6 Å². The van der Waals surface area contributed by atoms with E-state index >= 15 is 0 Å². The van der Waals surface area contributed by atoms with Gasteiger partial charge in [0.15, 0.2) is 5.15 Å². The number of rotatable bonds is 11. The summed E-state index contributed by atoms with van der Waals surface area (Å²) >= 11 is 6.41. The van der Waals surface area contributed by atoms with E-state index in [-0.39, 0.29) is 6.04 Å². The van der Waals surface area contributed by atoms with Crippen LogP contribution in [0.15, 0.2) is 18.5 Å². The molecule has 1 unspecified atom stereocenters. The minimum Gasteiger partial charge on any atom is -0.361 e. The third-order valence-corrected chi connectivity index (χ3v) is 8.52. The van der Waals surface area contributed by atoms with E-state index in [1.165, 1.54) is 12.8 Å². The molecule has 1 saturated carbocycles. The summed E-state index contributed by atoms with van der Waals surface area (Å²) in [6, 6.07) is 3.85. The van der Waals surface area contributed by atoms with Gasteiger partial charge in [-0.15, -0.1) is 0 Å². The van der Waals surface area contributed by atoms with Crippen LogP contribution in [0.25, 0.3) is 11.0 Å². The van der Waals surface area contributed by atoms with Gasteiger partial charge in [-0.3, -0.25) is 4.68 Å². The molecule has 3 heterocycles. The van der Waals surface area contributed by atoms with E-state index in [0.717, 1.165) is 35.4 Å². The van der Waals surface area contributed by atoms with Gasteiger partial charge in [0, 0.05) is 40.0 Å². The molecule has 10 heteroatoms. The monoisotopic (exact) mass is 503 g/mol. The highest BCUT2D eigenvalue weighted by Gasteiger charge is 2.32. The number of hydrogen-bond donors (Lipinski definition) is 1. The Bertz CT molecular complexity index is 1130. The molecule has 8 nitrogen and oxygen atoms in total. The van der Waals surface area contributed by atoms with Gasteiger partial charge in [-0.1, -0.05) is 31.2 Å².